The van der Waals surface area contributed by atoms with E-state index in [0.717, 1.165) is 12.1 Å². The first-order chi connectivity index (χ1) is 10.1. The number of anilines is 1. The van der Waals surface area contributed by atoms with Crippen molar-refractivity contribution < 1.29 is 9.21 Å². The summed E-state index contributed by atoms with van der Waals surface area (Å²) in [6.07, 6.45) is 0.914. The first-order valence-corrected chi connectivity index (χ1v) is 7.70. The van der Waals surface area contributed by atoms with Gasteiger partial charge in [0.05, 0.1) is 0 Å². The Balaban J connectivity index is 1.98. The lowest BCUT2D eigenvalue weighted by molar-refractivity contribution is 0.0952. The smallest absolute Gasteiger partial charge is 0.294 e. The molecule has 1 aromatic carbocycles. The normalized spacial score (nSPS) is 17.9. The number of hydrogen-bond acceptors (Lipinski definition) is 3. The molecule has 2 heterocycles. The second-order valence-corrected chi connectivity index (χ2v) is 6.17. The van der Waals surface area contributed by atoms with Crippen LogP contribution in [0.25, 0.3) is 0 Å². The Morgan fingerprint density at radius 2 is 2.05 bits per heavy atom. The Morgan fingerprint density at radius 1 is 1.29 bits per heavy atom. The maximum absolute atomic E-state index is 12.7. The number of rotatable bonds is 2. The molecule has 0 saturated heterocycles. The van der Waals surface area contributed by atoms with E-state index in [2.05, 4.69) is 41.0 Å². The molecule has 3 rings (SSSR count). The summed E-state index contributed by atoms with van der Waals surface area (Å²) in [5.74, 6) is 0.269. The number of furan rings is 1. The highest BCUT2D eigenvalue weighted by atomic mass is 79.9. The summed E-state index contributed by atoms with van der Waals surface area (Å²) in [5, 5.41) is 0. The van der Waals surface area contributed by atoms with Crippen molar-refractivity contribution in [1.82, 2.24) is 4.90 Å². The van der Waals surface area contributed by atoms with Crippen molar-refractivity contribution >= 4 is 27.5 Å². The lowest BCUT2D eigenvalue weighted by Crippen LogP contribution is -2.39. The van der Waals surface area contributed by atoms with Gasteiger partial charge >= 0.3 is 0 Å². The molecule has 0 saturated carbocycles. The molecular formula is C16H17BrN2O2. The Kier molecular flexibility index (Phi) is 3.87. The van der Waals surface area contributed by atoms with Gasteiger partial charge in [0.25, 0.3) is 5.91 Å². The molecule has 1 amide bonds. The molecule has 2 aromatic rings. The van der Waals surface area contributed by atoms with E-state index in [1.165, 1.54) is 5.56 Å². The molecule has 0 fully saturated rings. The molecule has 0 bridgehead atoms. The van der Waals surface area contributed by atoms with Crippen LogP contribution in [0.1, 0.15) is 28.6 Å². The fourth-order valence-electron chi connectivity index (χ4n) is 2.85. The van der Waals surface area contributed by atoms with Crippen molar-refractivity contribution in [1.29, 1.82) is 0 Å². The van der Waals surface area contributed by atoms with Crippen molar-refractivity contribution in [3.63, 3.8) is 0 Å². The zero-order valence-electron chi connectivity index (χ0n) is 12.0. The van der Waals surface area contributed by atoms with Crippen molar-refractivity contribution in [2.75, 3.05) is 25.5 Å². The van der Waals surface area contributed by atoms with E-state index in [9.17, 15) is 4.79 Å². The third kappa shape index (κ3) is 2.63. The van der Waals surface area contributed by atoms with E-state index in [-0.39, 0.29) is 5.91 Å². The molecule has 1 atom stereocenters. The molecule has 1 aromatic heterocycles. The highest BCUT2D eigenvalue weighted by Crippen LogP contribution is 2.37. The van der Waals surface area contributed by atoms with Crippen LogP contribution >= 0.6 is 15.9 Å². The van der Waals surface area contributed by atoms with Crippen LogP contribution in [0.2, 0.25) is 0 Å². The Bertz CT molecular complexity index is 666. The van der Waals surface area contributed by atoms with Gasteiger partial charge in [0.2, 0.25) is 0 Å². The van der Waals surface area contributed by atoms with Gasteiger partial charge in [-0.25, -0.2) is 0 Å². The van der Waals surface area contributed by atoms with E-state index < -0.39 is 0 Å². The Labute approximate surface area is 132 Å². The number of carbonyl (C=O) groups excluding carboxylic acids is 1. The van der Waals surface area contributed by atoms with Gasteiger partial charge in [-0.15, -0.1) is 0 Å². The average molecular weight is 349 g/mol. The van der Waals surface area contributed by atoms with Gasteiger partial charge in [-0.1, -0.05) is 18.2 Å². The lowest BCUT2D eigenvalue weighted by Gasteiger charge is -2.36. The van der Waals surface area contributed by atoms with Crippen LogP contribution in [-0.2, 0) is 0 Å². The van der Waals surface area contributed by atoms with Crippen LogP contribution in [0.5, 0.6) is 0 Å². The van der Waals surface area contributed by atoms with Crippen molar-refractivity contribution in [3.8, 4) is 0 Å². The van der Waals surface area contributed by atoms with E-state index in [4.69, 9.17) is 4.42 Å². The van der Waals surface area contributed by atoms with Crippen molar-refractivity contribution in [2.45, 2.75) is 12.5 Å². The van der Waals surface area contributed by atoms with E-state index in [0.29, 0.717) is 23.0 Å². The van der Waals surface area contributed by atoms with Crippen LogP contribution in [0.4, 0.5) is 5.69 Å². The van der Waals surface area contributed by atoms with E-state index in [1.807, 2.05) is 18.2 Å². The number of para-hydroxylation sites is 1. The molecule has 0 spiro atoms. The van der Waals surface area contributed by atoms with Crippen molar-refractivity contribution in [3.05, 3.63) is 52.4 Å². The van der Waals surface area contributed by atoms with Crippen LogP contribution in [0, 0.1) is 0 Å². The molecule has 0 aliphatic carbocycles. The Morgan fingerprint density at radius 3 is 2.71 bits per heavy atom. The summed E-state index contributed by atoms with van der Waals surface area (Å²) in [6.45, 7) is 0.691. The molecular weight excluding hydrogens is 332 g/mol. The van der Waals surface area contributed by atoms with Gasteiger partial charge in [0.15, 0.2) is 10.4 Å². The molecule has 1 unspecified atom stereocenters. The Hall–Kier alpha value is -1.59. The van der Waals surface area contributed by atoms with Gasteiger partial charge in [-0.05, 0) is 60.2 Å². The fourth-order valence-corrected chi connectivity index (χ4v) is 3.16. The monoisotopic (exact) mass is 348 g/mol. The summed E-state index contributed by atoms with van der Waals surface area (Å²) in [7, 11) is 4.14. The van der Waals surface area contributed by atoms with Gasteiger partial charge < -0.3 is 14.2 Å². The SMILES string of the molecule is CN(C)C1CCN(C(=O)c2ccc(Br)o2)c2ccccc21. The molecule has 110 valence electrons. The third-order valence-corrected chi connectivity index (χ3v) is 4.29. The number of amides is 1. The maximum Gasteiger partial charge on any atom is 0.294 e. The highest BCUT2D eigenvalue weighted by Gasteiger charge is 2.31. The van der Waals surface area contributed by atoms with Crippen LogP contribution in [-0.4, -0.2) is 31.4 Å². The first-order valence-electron chi connectivity index (χ1n) is 6.90. The molecule has 1 aliphatic rings. The highest BCUT2D eigenvalue weighted by molar-refractivity contribution is 9.10. The van der Waals surface area contributed by atoms with Crippen LogP contribution in [0.15, 0.2) is 45.5 Å². The predicted octanol–water partition coefficient (Wildman–Crippen LogP) is 3.70. The summed E-state index contributed by atoms with van der Waals surface area (Å²) < 4.78 is 5.97. The number of benzene rings is 1. The van der Waals surface area contributed by atoms with Gasteiger partial charge in [0, 0.05) is 18.3 Å². The lowest BCUT2D eigenvalue weighted by atomic mass is 9.95. The van der Waals surface area contributed by atoms with Crippen molar-refractivity contribution in [2.24, 2.45) is 0 Å². The van der Waals surface area contributed by atoms with Crippen LogP contribution in [0.3, 0.4) is 0 Å². The minimum atomic E-state index is -0.0923. The second kappa shape index (κ2) is 5.66. The minimum absolute atomic E-state index is 0.0923. The van der Waals surface area contributed by atoms with E-state index >= 15 is 0 Å². The fraction of sp³-hybridized carbons (Fsp3) is 0.312. The van der Waals surface area contributed by atoms with Gasteiger partial charge in [0.1, 0.15) is 0 Å². The molecule has 21 heavy (non-hydrogen) atoms. The molecule has 4 nitrogen and oxygen atoms in total. The first kappa shape index (κ1) is 14.4. The third-order valence-electron chi connectivity index (χ3n) is 3.87. The molecule has 0 N–H and O–H groups in total. The van der Waals surface area contributed by atoms with E-state index in [1.54, 1.807) is 17.0 Å². The number of halogens is 1. The zero-order chi connectivity index (χ0) is 15.0. The largest absolute Gasteiger partial charge is 0.444 e. The zero-order valence-corrected chi connectivity index (χ0v) is 13.6. The average Bonchev–Trinajstić information content (AvgIpc) is 2.91. The molecule has 0 radical (unpaired) electrons. The summed E-state index contributed by atoms with van der Waals surface area (Å²) in [6, 6.07) is 11.9. The van der Waals surface area contributed by atoms with Gasteiger partial charge in [-0.2, -0.15) is 0 Å². The summed E-state index contributed by atoms with van der Waals surface area (Å²) in [5.41, 5.74) is 2.16. The summed E-state index contributed by atoms with van der Waals surface area (Å²) in [4.78, 5) is 16.7. The van der Waals surface area contributed by atoms with Crippen LogP contribution < -0.4 is 4.90 Å². The minimum Gasteiger partial charge on any atom is -0.444 e. The summed E-state index contributed by atoms with van der Waals surface area (Å²) >= 11 is 3.24. The number of hydrogen-bond donors (Lipinski definition) is 0. The second-order valence-electron chi connectivity index (χ2n) is 5.39. The maximum atomic E-state index is 12.7. The standard InChI is InChI=1S/C16H17BrN2O2/c1-18(2)12-9-10-19(13-6-4-3-5-11(12)13)16(20)14-7-8-15(17)21-14/h3-8,12H,9-10H2,1-2H3. The number of carbonyl (C=O) groups is 1. The van der Waals surface area contributed by atoms with Gasteiger partial charge in [-0.3, -0.25) is 4.79 Å². The molecule has 5 heteroatoms. The topological polar surface area (TPSA) is 36.7 Å². The molecule has 1 aliphatic heterocycles. The predicted molar refractivity (Wildman–Crippen MR) is 85.6 cm³/mol. The quantitative estimate of drug-likeness (QED) is 0.830. The number of fused-ring (bicyclic) bond motifs is 1. The number of nitrogens with zero attached hydrogens (tertiary/aromatic N) is 2.